The second-order valence-electron chi connectivity index (χ2n) is 5.08. The van der Waals surface area contributed by atoms with Crippen LogP contribution in [0.5, 0.6) is 0 Å². The predicted octanol–water partition coefficient (Wildman–Crippen LogP) is 2.68. The van der Waals surface area contributed by atoms with Crippen molar-refractivity contribution in [3.05, 3.63) is 22.4 Å². The van der Waals surface area contributed by atoms with E-state index >= 15 is 0 Å². The highest BCUT2D eigenvalue weighted by Crippen LogP contribution is 2.49. The van der Waals surface area contributed by atoms with Crippen molar-refractivity contribution in [2.45, 2.75) is 32.7 Å². The first-order valence-corrected chi connectivity index (χ1v) is 7.09. The summed E-state index contributed by atoms with van der Waals surface area (Å²) in [5.74, 6) is 0.342. The summed E-state index contributed by atoms with van der Waals surface area (Å²) in [5, 5.41) is 9.58. The van der Waals surface area contributed by atoms with Crippen LogP contribution in [0.3, 0.4) is 0 Å². The largest absolute Gasteiger partial charge is 0.388 e. The molecule has 1 aliphatic carbocycles. The standard InChI is InChI=1S/C13H21N3S/c1-2-16(9-11-4-3-7-17-11)10-13(5-6-13)8-12(14)15/h3-4,7H,2,5-6,8-10H2,1H3,(H3,14,15). The van der Waals surface area contributed by atoms with E-state index in [4.69, 9.17) is 11.1 Å². The van der Waals surface area contributed by atoms with E-state index in [2.05, 4.69) is 29.3 Å². The highest BCUT2D eigenvalue weighted by atomic mass is 32.1. The molecule has 0 amide bonds. The number of thiophene rings is 1. The molecule has 17 heavy (non-hydrogen) atoms. The van der Waals surface area contributed by atoms with E-state index in [9.17, 15) is 0 Å². The van der Waals surface area contributed by atoms with Gasteiger partial charge in [0, 0.05) is 24.4 Å². The predicted molar refractivity (Wildman–Crippen MR) is 73.5 cm³/mol. The van der Waals surface area contributed by atoms with Crippen molar-refractivity contribution in [2.24, 2.45) is 11.1 Å². The Balaban J connectivity index is 1.89. The summed E-state index contributed by atoms with van der Waals surface area (Å²) in [6.07, 6.45) is 3.23. The Kier molecular flexibility index (Phi) is 3.84. The summed E-state index contributed by atoms with van der Waals surface area (Å²) >= 11 is 1.82. The molecule has 0 atom stereocenters. The molecule has 0 aromatic carbocycles. The topological polar surface area (TPSA) is 53.1 Å². The summed E-state index contributed by atoms with van der Waals surface area (Å²) in [4.78, 5) is 3.90. The quantitative estimate of drug-likeness (QED) is 0.578. The number of rotatable bonds is 7. The van der Waals surface area contributed by atoms with Crippen LogP contribution in [0, 0.1) is 10.8 Å². The zero-order valence-corrected chi connectivity index (χ0v) is 11.2. The van der Waals surface area contributed by atoms with Gasteiger partial charge in [-0.3, -0.25) is 10.3 Å². The summed E-state index contributed by atoms with van der Waals surface area (Å²) in [6.45, 7) is 5.39. The maximum atomic E-state index is 7.45. The fourth-order valence-electron chi connectivity index (χ4n) is 2.35. The van der Waals surface area contributed by atoms with Crippen molar-refractivity contribution in [2.75, 3.05) is 13.1 Å². The summed E-state index contributed by atoms with van der Waals surface area (Å²) in [6, 6.07) is 4.30. The highest BCUT2D eigenvalue weighted by molar-refractivity contribution is 7.09. The smallest absolute Gasteiger partial charge is 0.0911 e. The van der Waals surface area contributed by atoms with Gasteiger partial charge in [0.1, 0.15) is 0 Å². The minimum absolute atomic E-state index is 0.319. The third-order valence-electron chi connectivity index (χ3n) is 3.49. The van der Waals surface area contributed by atoms with Crippen molar-refractivity contribution in [1.82, 2.24) is 4.90 Å². The molecule has 0 radical (unpaired) electrons. The number of hydrogen-bond donors (Lipinski definition) is 2. The molecule has 0 spiro atoms. The van der Waals surface area contributed by atoms with Crippen molar-refractivity contribution >= 4 is 17.2 Å². The number of nitrogens with one attached hydrogen (secondary N) is 1. The molecule has 1 fully saturated rings. The molecular formula is C13H21N3S. The number of nitrogens with two attached hydrogens (primary N) is 1. The molecule has 4 heteroatoms. The van der Waals surface area contributed by atoms with E-state index in [0.29, 0.717) is 11.3 Å². The maximum Gasteiger partial charge on any atom is 0.0911 e. The summed E-state index contributed by atoms with van der Waals surface area (Å²) < 4.78 is 0. The molecule has 2 rings (SSSR count). The Hall–Kier alpha value is -0.870. The monoisotopic (exact) mass is 251 g/mol. The zero-order chi connectivity index (χ0) is 12.3. The van der Waals surface area contributed by atoms with Crippen LogP contribution in [-0.2, 0) is 6.54 Å². The second kappa shape index (κ2) is 5.19. The molecule has 0 aliphatic heterocycles. The molecule has 3 nitrogen and oxygen atoms in total. The SMILES string of the molecule is CCN(Cc1cccs1)CC1(CC(=N)N)CC1. The first kappa shape index (κ1) is 12.6. The van der Waals surface area contributed by atoms with Gasteiger partial charge in [0.25, 0.3) is 0 Å². The molecule has 3 N–H and O–H groups in total. The Morgan fingerprint density at radius 2 is 2.35 bits per heavy atom. The van der Waals surface area contributed by atoms with E-state index in [-0.39, 0.29) is 0 Å². The van der Waals surface area contributed by atoms with Gasteiger partial charge in [0.15, 0.2) is 0 Å². The van der Waals surface area contributed by atoms with Gasteiger partial charge in [0.05, 0.1) is 5.84 Å². The molecule has 0 unspecified atom stereocenters. The van der Waals surface area contributed by atoms with Gasteiger partial charge < -0.3 is 5.73 Å². The maximum absolute atomic E-state index is 7.45. The van der Waals surface area contributed by atoms with Crippen LogP contribution >= 0.6 is 11.3 Å². The van der Waals surface area contributed by atoms with Crippen LogP contribution in [0.1, 0.15) is 31.1 Å². The van der Waals surface area contributed by atoms with Gasteiger partial charge in [-0.2, -0.15) is 0 Å². The lowest BCUT2D eigenvalue weighted by atomic mass is 10.0. The molecule has 1 aromatic rings. The Morgan fingerprint density at radius 1 is 1.59 bits per heavy atom. The number of nitrogens with zero attached hydrogens (tertiary/aromatic N) is 1. The molecule has 0 bridgehead atoms. The molecular weight excluding hydrogens is 230 g/mol. The fraction of sp³-hybridized carbons (Fsp3) is 0.615. The van der Waals surface area contributed by atoms with Crippen molar-refractivity contribution < 1.29 is 0 Å². The van der Waals surface area contributed by atoms with E-state index in [1.165, 1.54) is 17.7 Å². The summed E-state index contributed by atoms with van der Waals surface area (Å²) in [5.41, 5.74) is 5.86. The second-order valence-corrected chi connectivity index (χ2v) is 6.12. The third kappa shape index (κ3) is 3.54. The van der Waals surface area contributed by atoms with Gasteiger partial charge in [-0.05, 0) is 36.2 Å². The lowest BCUT2D eigenvalue weighted by molar-refractivity contribution is 0.226. The molecule has 1 heterocycles. The fourth-order valence-corrected chi connectivity index (χ4v) is 3.09. The van der Waals surface area contributed by atoms with E-state index in [1.807, 2.05) is 11.3 Å². The Bertz CT molecular complexity index is 368. The Labute approximate surface area is 107 Å². The van der Waals surface area contributed by atoms with E-state index in [0.717, 1.165) is 26.1 Å². The van der Waals surface area contributed by atoms with Crippen molar-refractivity contribution in [1.29, 1.82) is 5.41 Å². The normalized spacial score (nSPS) is 17.3. The van der Waals surface area contributed by atoms with Gasteiger partial charge in [-0.25, -0.2) is 0 Å². The van der Waals surface area contributed by atoms with Gasteiger partial charge >= 0.3 is 0 Å². The molecule has 94 valence electrons. The van der Waals surface area contributed by atoms with Gasteiger partial charge in [-0.15, -0.1) is 11.3 Å². The highest BCUT2D eigenvalue weighted by Gasteiger charge is 2.43. The molecule has 0 saturated heterocycles. The van der Waals surface area contributed by atoms with Crippen molar-refractivity contribution in [3.8, 4) is 0 Å². The first-order valence-electron chi connectivity index (χ1n) is 6.21. The van der Waals surface area contributed by atoms with Crippen LogP contribution in [-0.4, -0.2) is 23.8 Å². The first-order chi connectivity index (χ1) is 8.13. The van der Waals surface area contributed by atoms with Crippen LogP contribution in [0.2, 0.25) is 0 Å². The van der Waals surface area contributed by atoms with E-state index in [1.54, 1.807) is 0 Å². The minimum Gasteiger partial charge on any atom is -0.388 e. The number of hydrogen-bond acceptors (Lipinski definition) is 3. The summed E-state index contributed by atoms with van der Waals surface area (Å²) in [7, 11) is 0. The van der Waals surface area contributed by atoms with Crippen molar-refractivity contribution in [3.63, 3.8) is 0 Å². The average Bonchev–Trinajstić information content (AvgIpc) is 2.81. The average molecular weight is 251 g/mol. The van der Waals surface area contributed by atoms with Gasteiger partial charge in [0.2, 0.25) is 0 Å². The third-order valence-corrected chi connectivity index (χ3v) is 4.35. The lowest BCUT2D eigenvalue weighted by Gasteiger charge is -2.25. The minimum atomic E-state index is 0.319. The van der Waals surface area contributed by atoms with E-state index < -0.39 is 0 Å². The molecule has 1 aliphatic rings. The molecule has 1 saturated carbocycles. The van der Waals surface area contributed by atoms with Crippen LogP contribution in [0.4, 0.5) is 0 Å². The number of amidine groups is 1. The van der Waals surface area contributed by atoms with Crippen LogP contribution in [0.15, 0.2) is 17.5 Å². The lowest BCUT2D eigenvalue weighted by Crippen LogP contribution is -2.32. The Morgan fingerprint density at radius 3 is 2.82 bits per heavy atom. The van der Waals surface area contributed by atoms with Crippen LogP contribution < -0.4 is 5.73 Å². The zero-order valence-electron chi connectivity index (χ0n) is 10.4. The van der Waals surface area contributed by atoms with Gasteiger partial charge in [-0.1, -0.05) is 13.0 Å². The molecule has 1 aromatic heterocycles. The van der Waals surface area contributed by atoms with Crippen LogP contribution in [0.25, 0.3) is 0 Å².